The zero-order chi connectivity index (χ0) is 19.8. The Hall–Kier alpha value is -2.71. The first-order valence-electron chi connectivity index (χ1n) is 8.34. The highest BCUT2D eigenvalue weighted by molar-refractivity contribution is 9.10. The number of hydrogen-bond donors (Lipinski definition) is 2. The normalized spacial score (nSPS) is 10.3. The van der Waals surface area contributed by atoms with Gasteiger partial charge in [-0.3, -0.25) is 20.4 Å². The summed E-state index contributed by atoms with van der Waals surface area (Å²) in [5, 5.41) is 0. The van der Waals surface area contributed by atoms with E-state index in [2.05, 4.69) is 26.8 Å². The van der Waals surface area contributed by atoms with E-state index in [0.717, 1.165) is 9.37 Å². The summed E-state index contributed by atoms with van der Waals surface area (Å²) >= 11 is 4.73. The summed E-state index contributed by atoms with van der Waals surface area (Å²) in [6.45, 7) is 0.202. The second-order valence-corrected chi connectivity index (χ2v) is 7.58. The number of carbonyl (C=O) groups is 2. The maximum absolute atomic E-state index is 12.1. The van der Waals surface area contributed by atoms with Crippen molar-refractivity contribution in [3.05, 3.63) is 82.7 Å². The number of nitrogens with one attached hydrogen (secondary N) is 2. The molecule has 0 atom stereocenters. The molecular weight excluding hydrogens is 444 g/mol. The predicted octanol–water partition coefficient (Wildman–Crippen LogP) is 4.17. The second-order valence-electron chi connectivity index (χ2n) is 5.61. The number of halogens is 1. The van der Waals surface area contributed by atoms with Crippen molar-refractivity contribution in [2.45, 2.75) is 11.5 Å². The Bertz CT molecular complexity index is 929. The van der Waals surface area contributed by atoms with Gasteiger partial charge >= 0.3 is 5.91 Å². The number of rotatable bonds is 7. The molecule has 0 fully saturated rings. The Labute approximate surface area is 174 Å². The molecule has 8 heteroatoms. The van der Waals surface area contributed by atoms with Crippen molar-refractivity contribution in [3.8, 4) is 5.75 Å². The van der Waals surface area contributed by atoms with Crippen LogP contribution in [0.5, 0.6) is 5.75 Å². The highest BCUT2D eigenvalue weighted by atomic mass is 79.9. The van der Waals surface area contributed by atoms with Crippen LogP contribution in [0.15, 0.2) is 80.5 Å². The van der Waals surface area contributed by atoms with Crippen molar-refractivity contribution in [2.75, 3.05) is 5.75 Å². The van der Waals surface area contributed by atoms with E-state index in [9.17, 15) is 9.59 Å². The minimum absolute atomic E-state index is 0.0903. The van der Waals surface area contributed by atoms with Gasteiger partial charge in [0.2, 0.25) is 5.91 Å². The molecule has 2 amide bonds. The zero-order valence-corrected chi connectivity index (χ0v) is 17.1. The van der Waals surface area contributed by atoms with E-state index in [0.29, 0.717) is 11.5 Å². The molecule has 0 radical (unpaired) electrons. The Morgan fingerprint density at radius 1 is 0.964 bits per heavy atom. The minimum Gasteiger partial charge on any atom is -0.486 e. The summed E-state index contributed by atoms with van der Waals surface area (Å²) in [6, 6.07) is 20.1. The van der Waals surface area contributed by atoms with Crippen molar-refractivity contribution < 1.29 is 18.7 Å². The summed E-state index contributed by atoms with van der Waals surface area (Å²) in [6.07, 6.45) is 0. The number of hydrazine groups is 1. The minimum atomic E-state index is -0.534. The number of hydrogen-bond acceptors (Lipinski definition) is 5. The molecule has 1 heterocycles. The first kappa shape index (κ1) is 20.0. The third-order valence-electron chi connectivity index (χ3n) is 3.51. The van der Waals surface area contributed by atoms with Crippen molar-refractivity contribution in [3.63, 3.8) is 0 Å². The Balaban J connectivity index is 1.41. The molecule has 6 nitrogen and oxygen atoms in total. The molecule has 0 bridgehead atoms. The van der Waals surface area contributed by atoms with E-state index < -0.39 is 5.91 Å². The number of thioether (sulfide) groups is 1. The van der Waals surface area contributed by atoms with Crippen LogP contribution in [0, 0.1) is 0 Å². The number of furan rings is 1. The summed E-state index contributed by atoms with van der Waals surface area (Å²) in [5.41, 5.74) is 4.71. The summed E-state index contributed by atoms with van der Waals surface area (Å²) in [5.74, 6) is 0.628. The van der Waals surface area contributed by atoms with E-state index in [4.69, 9.17) is 9.15 Å². The van der Waals surface area contributed by atoms with Gasteiger partial charge in [-0.1, -0.05) is 34.1 Å². The maximum atomic E-state index is 12.1. The SMILES string of the molecule is O=C(CSc1ccc(Br)cc1)NNC(=O)c1ccc(COc2ccccc2)o1. The van der Waals surface area contributed by atoms with Gasteiger partial charge in [-0.05, 0) is 48.5 Å². The lowest BCUT2D eigenvalue weighted by molar-refractivity contribution is -0.119. The fraction of sp³-hybridized carbons (Fsp3) is 0.100. The van der Waals surface area contributed by atoms with Crippen LogP contribution in [0.4, 0.5) is 0 Å². The maximum Gasteiger partial charge on any atom is 0.305 e. The quantitative estimate of drug-likeness (QED) is 0.408. The van der Waals surface area contributed by atoms with Gasteiger partial charge in [0.1, 0.15) is 18.1 Å². The molecule has 0 unspecified atom stereocenters. The van der Waals surface area contributed by atoms with Crippen LogP contribution in [0.1, 0.15) is 16.3 Å². The summed E-state index contributed by atoms with van der Waals surface area (Å²) in [7, 11) is 0. The molecule has 0 aliphatic heterocycles. The number of carbonyl (C=O) groups excluding carboxylic acids is 2. The molecule has 0 aliphatic carbocycles. The van der Waals surface area contributed by atoms with E-state index in [1.54, 1.807) is 6.07 Å². The van der Waals surface area contributed by atoms with E-state index >= 15 is 0 Å². The van der Waals surface area contributed by atoms with Gasteiger partial charge in [-0.2, -0.15) is 0 Å². The Morgan fingerprint density at radius 3 is 2.46 bits per heavy atom. The average molecular weight is 461 g/mol. The van der Waals surface area contributed by atoms with Crippen molar-refractivity contribution in [1.82, 2.24) is 10.9 Å². The van der Waals surface area contributed by atoms with E-state index in [-0.39, 0.29) is 24.0 Å². The smallest absolute Gasteiger partial charge is 0.305 e. The topological polar surface area (TPSA) is 80.6 Å². The predicted molar refractivity (Wildman–Crippen MR) is 110 cm³/mol. The van der Waals surface area contributed by atoms with Crippen molar-refractivity contribution in [2.24, 2.45) is 0 Å². The van der Waals surface area contributed by atoms with Gasteiger partial charge in [0.05, 0.1) is 5.75 Å². The molecule has 3 rings (SSSR count). The largest absolute Gasteiger partial charge is 0.486 e. The second kappa shape index (κ2) is 10.0. The lowest BCUT2D eigenvalue weighted by Crippen LogP contribution is -2.42. The van der Waals surface area contributed by atoms with Gasteiger partial charge < -0.3 is 9.15 Å². The summed E-state index contributed by atoms with van der Waals surface area (Å²) < 4.78 is 12.0. The molecule has 0 saturated heterocycles. The Morgan fingerprint density at radius 2 is 1.71 bits per heavy atom. The number of para-hydroxylation sites is 1. The molecule has 0 spiro atoms. The average Bonchev–Trinajstić information content (AvgIpc) is 3.20. The molecule has 1 aromatic heterocycles. The molecule has 144 valence electrons. The first-order chi connectivity index (χ1) is 13.6. The Kier molecular flexibility index (Phi) is 7.16. The standard InChI is InChI=1S/C20H17BrN2O4S/c21-14-6-9-17(10-7-14)28-13-19(24)22-23-20(25)18-11-8-16(27-18)12-26-15-4-2-1-3-5-15/h1-11H,12-13H2,(H,22,24)(H,23,25). The van der Waals surface area contributed by atoms with Gasteiger partial charge in [0, 0.05) is 9.37 Å². The molecule has 2 aromatic carbocycles. The van der Waals surface area contributed by atoms with Gasteiger partial charge in [-0.15, -0.1) is 11.8 Å². The van der Waals surface area contributed by atoms with Gasteiger partial charge in [0.15, 0.2) is 5.76 Å². The highest BCUT2D eigenvalue weighted by Gasteiger charge is 2.13. The van der Waals surface area contributed by atoms with Crippen LogP contribution in [0.2, 0.25) is 0 Å². The van der Waals surface area contributed by atoms with Crippen molar-refractivity contribution in [1.29, 1.82) is 0 Å². The zero-order valence-electron chi connectivity index (χ0n) is 14.7. The number of benzene rings is 2. The van der Waals surface area contributed by atoms with Crippen LogP contribution >= 0.6 is 27.7 Å². The molecule has 28 heavy (non-hydrogen) atoms. The van der Waals surface area contributed by atoms with Crippen LogP contribution < -0.4 is 15.6 Å². The lowest BCUT2D eigenvalue weighted by Gasteiger charge is -2.06. The fourth-order valence-corrected chi connectivity index (χ4v) is 3.12. The third-order valence-corrected chi connectivity index (χ3v) is 5.05. The monoisotopic (exact) mass is 460 g/mol. The van der Waals surface area contributed by atoms with Crippen molar-refractivity contribution >= 4 is 39.5 Å². The highest BCUT2D eigenvalue weighted by Crippen LogP contribution is 2.20. The molecule has 0 saturated carbocycles. The van der Waals surface area contributed by atoms with E-state index in [1.165, 1.54) is 17.8 Å². The van der Waals surface area contributed by atoms with Crippen LogP contribution in [-0.2, 0) is 11.4 Å². The number of ether oxygens (including phenoxy) is 1. The first-order valence-corrected chi connectivity index (χ1v) is 10.1. The lowest BCUT2D eigenvalue weighted by atomic mass is 10.3. The van der Waals surface area contributed by atoms with Gasteiger partial charge in [0.25, 0.3) is 0 Å². The molecule has 3 aromatic rings. The van der Waals surface area contributed by atoms with Crippen LogP contribution in [0.25, 0.3) is 0 Å². The van der Waals surface area contributed by atoms with Gasteiger partial charge in [-0.25, -0.2) is 0 Å². The van der Waals surface area contributed by atoms with Crippen LogP contribution in [-0.4, -0.2) is 17.6 Å². The van der Waals surface area contributed by atoms with E-state index in [1.807, 2.05) is 54.6 Å². The molecule has 0 aliphatic rings. The third kappa shape index (κ3) is 6.17. The van der Waals surface area contributed by atoms with Crippen LogP contribution in [0.3, 0.4) is 0 Å². The molecule has 2 N–H and O–H groups in total. The molecular formula is C20H17BrN2O4S. The number of amides is 2. The fourth-order valence-electron chi connectivity index (χ4n) is 2.15. The summed E-state index contributed by atoms with van der Waals surface area (Å²) in [4.78, 5) is 24.9.